The summed E-state index contributed by atoms with van der Waals surface area (Å²) in [6.45, 7) is 0.497. The van der Waals surface area contributed by atoms with Crippen LogP contribution in [0.25, 0.3) is 0 Å². The largest absolute Gasteiger partial charge is 0.380 e. The third-order valence-electron chi connectivity index (χ3n) is 3.04. The van der Waals surface area contributed by atoms with Gasteiger partial charge in [0.2, 0.25) is 0 Å². The molecule has 5 heteroatoms. The van der Waals surface area contributed by atoms with Gasteiger partial charge in [0.1, 0.15) is 0 Å². The molecule has 0 aromatic heterocycles. The molecule has 0 aliphatic carbocycles. The molecule has 110 valence electrons. The zero-order valence-electron chi connectivity index (χ0n) is 11.9. The van der Waals surface area contributed by atoms with Gasteiger partial charge >= 0.3 is 0 Å². The van der Waals surface area contributed by atoms with Gasteiger partial charge in [0, 0.05) is 36.4 Å². The number of carbonyl (C=O) groups excluding carboxylic acids is 1. The Bertz CT molecular complexity index is 656. The molecule has 1 N–H and O–H groups in total. The van der Waals surface area contributed by atoms with Crippen molar-refractivity contribution in [3.05, 3.63) is 63.6 Å². The molecule has 1 amide bonds. The summed E-state index contributed by atoms with van der Waals surface area (Å²) in [5.74, 6) is -0.0460. The maximum Gasteiger partial charge on any atom is 0.255 e. The van der Waals surface area contributed by atoms with E-state index in [1.807, 2.05) is 24.3 Å². The lowest BCUT2D eigenvalue weighted by molar-refractivity contribution is 0.0828. The first-order chi connectivity index (χ1) is 9.99. The zero-order valence-corrected chi connectivity index (χ0v) is 13.4. The van der Waals surface area contributed by atoms with Crippen molar-refractivity contribution in [1.82, 2.24) is 4.90 Å². The molecule has 0 spiro atoms. The van der Waals surface area contributed by atoms with E-state index in [2.05, 4.69) is 5.32 Å². The molecular formula is C16H16Cl2N2O. The Morgan fingerprint density at radius 3 is 2.57 bits per heavy atom. The van der Waals surface area contributed by atoms with Crippen molar-refractivity contribution < 1.29 is 4.79 Å². The SMILES string of the molecule is CN(C)C(=O)c1ccccc1NCc1cc(Cl)ccc1Cl. The van der Waals surface area contributed by atoms with Crippen molar-refractivity contribution in [3.8, 4) is 0 Å². The van der Waals surface area contributed by atoms with E-state index in [0.29, 0.717) is 22.2 Å². The normalized spacial score (nSPS) is 10.3. The number of para-hydroxylation sites is 1. The summed E-state index contributed by atoms with van der Waals surface area (Å²) in [6, 6.07) is 12.7. The van der Waals surface area contributed by atoms with Gasteiger partial charge in [0.05, 0.1) is 5.56 Å². The fourth-order valence-electron chi connectivity index (χ4n) is 1.93. The number of anilines is 1. The molecule has 0 saturated carbocycles. The molecular weight excluding hydrogens is 307 g/mol. The number of amides is 1. The van der Waals surface area contributed by atoms with Crippen molar-refractivity contribution in [2.75, 3.05) is 19.4 Å². The molecule has 0 fully saturated rings. The van der Waals surface area contributed by atoms with Crippen LogP contribution in [0.4, 0.5) is 5.69 Å². The monoisotopic (exact) mass is 322 g/mol. The fraction of sp³-hybridized carbons (Fsp3) is 0.188. The van der Waals surface area contributed by atoms with E-state index in [1.54, 1.807) is 37.2 Å². The van der Waals surface area contributed by atoms with Crippen molar-refractivity contribution in [2.24, 2.45) is 0 Å². The summed E-state index contributed by atoms with van der Waals surface area (Å²) < 4.78 is 0. The number of benzene rings is 2. The van der Waals surface area contributed by atoms with E-state index in [0.717, 1.165) is 11.3 Å². The van der Waals surface area contributed by atoms with Crippen LogP contribution >= 0.6 is 23.2 Å². The average molecular weight is 323 g/mol. The number of carbonyl (C=O) groups is 1. The van der Waals surface area contributed by atoms with E-state index in [-0.39, 0.29) is 5.91 Å². The van der Waals surface area contributed by atoms with Crippen LogP contribution < -0.4 is 5.32 Å². The number of hydrogen-bond donors (Lipinski definition) is 1. The van der Waals surface area contributed by atoms with E-state index >= 15 is 0 Å². The van der Waals surface area contributed by atoms with E-state index in [4.69, 9.17) is 23.2 Å². The second-order valence-electron chi connectivity index (χ2n) is 4.83. The van der Waals surface area contributed by atoms with Crippen molar-refractivity contribution >= 4 is 34.8 Å². The summed E-state index contributed by atoms with van der Waals surface area (Å²) in [4.78, 5) is 13.7. The van der Waals surface area contributed by atoms with Crippen LogP contribution in [0.2, 0.25) is 10.0 Å². The van der Waals surface area contributed by atoms with Crippen molar-refractivity contribution in [2.45, 2.75) is 6.54 Å². The Labute approximate surface area is 134 Å². The predicted octanol–water partition coefficient (Wildman–Crippen LogP) is 4.31. The lowest BCUT2D eigenvalue weighted by Gasteiger charge is -2.15. The van der Waals surface area contributed by atoms with Crippen LogP contribution in [0, 0.1) is 0 Å². The van der Waals surface area contributed by atoms with Crippen molar-refractivity contribution in [3.63, 3.8) is 0 Å². The van der Waals surface area contributed by atoms with Gasteiger partial charge in [-0.1, -0.05) is 35.3 Å². The van der Waals surface area contributed by atoms with Crippen LogP contribution in [0.1, 0.15) is 15.9 Å². The lowest BCUT2D eigenvalue weighted by atomic mass is 10.1. The Hall–Kier alpha value is -1.71. The summed E-state index contributed by atoms with van der Waals surface area (Å²) in [7, 11) is 3.46. The zero-order chi connectivity index (χ0) is 15.4. The summed E-state index contributed by atoms with van der Waals surface area (Å²) in [5, 5.41) is 4.52. The highest BCUT2D eigenvalue weighted by molar-refractivity contribution is 6.33. The average Bonchev–Trinajstić information content (AvgIpc) is 2.47. The van der Waals surface area contributed by atoms with Gasteiger partial charge in [0.25, 0.3) is 5.91 Å². The smallest absolute Gasteiger partial charge is 0.255 e. The molecule has 0 saturated heterocycles. The first-order valence-electron chi connectivity index (χ1n) is 6.47. The van der Waals surface area contributed by atoms with Crippen LogP contribution in [-0.2, 0) is 6.54 Å². The predicted molar refractivity (Wildman–Crippen MR) is 88.2 cm³/mol. The number of rotatable bonds is 4. The summed E-state index contributed by atoms with van der Waals surface area (Å²) in [5.41, 5.74) is 2.28. The van der Waals surface area contributed by atoms with Crippen LogP contribution in [-0.4, -0.2) is 24.9 Å². The second kappa shape index (κ2) is 6.83. The lowest BCUT2D eigenvalue weighted by Crippen LogP contribution is -2.22. The number of halogens is 2. The Kier molecular flexibility index (Phi) is 5.10. The number of nitrogens with zero attached hydrogens (tertiary/aromatic N) is 1. The first kappa shape index (κ1) is 15.7. The van der Waals surface area contributed by atoms with Gasteiger partial charge in [-0.3, -0.25) is 4.79 Å². The minimum absolute atomic E-state index is 0.0460. The first-order valence-corrected chi connectivity index (χ1v) is 7.23. The van der Waals surface area contributed by atoms with Gasteiger partial charge in [-0.2, -0.15) is 0 Å². The molecule has 2 aromatic carbocycles. The summed E-state index contributed by atoms with van der Waals surface area (Å²) in [6.07, 6.45) is 0. The van der Waals surface area contributed by atoms with Gasteiger partial charge in [-0.15, -0.1) is 0 Å². The number of nitrogens with one attached hydrogen (secondary N) is 1. The molecule has 0 bridgehead atoms. The highest BCUT2D eigenvalue weighted by Crippen LogP contribution is 2.23. The quantitative estimate of drug-likeness (QED) is 0.909. The minimum Gasteiger partial charge on any atom is -0.380 e. The van der Waals surface area contributed by atoms with Gasteiger partial charge in [-0.05, 0) is 35.9 Å². The van der Waals surface area contributed by atoms with Gasteiger partial charge in [-0.25, -0.2) is 0 Å². The highest BCUT2D eigenvalue weighted by Gasteiger charge is 2.12. The molecule has 0 radical (unpaired) electrons. The van der Waals surface area contributed by atoms with Gasteiger partial charge < -0.3 is 10.2 Å². The van der Waals surface area contributed by atoms with E-state index in [1.165, 1.54) is 0 Å². The molecule has 2 rings (SSSR count). The van der Waals surface area contributed by atoms with Crippen LogP contribution in [0.3, 0.4) is 0 Å². The van der Waals surface area contributed by atoms with Gasteiger partial charge in [0.15, 0.2) is 0 Å². The highest BCUT2D eigenvalue weighted by atomic mass is 35.5. The molecule has 0 heterocycles. The van der Waals surface area contributed by atoms with Crippen LogP contribution in [0.5, 0.6) is 0 Å². The summed E-state index contributed by atoms with van der Waals surface area (Å²) >= 11 is 12.1. The molecule has 0 atom stereocenters. The Morgan fingerprint density at radius 2 is 1.86 bits per heavy atom. The third-order valence-corrected chi connectivity index (χ3v) is 3.64. The van der Waals surface area contributed by atoms with E-state index in [9.17, 15) is 4.79 Å². The Balaban J connectivity index is 2.21. The fourth-order valence-corrected chi connectivity index (χ4v) is 2.31. The Morgan fingerprint density at radius 1 is 1.14 bits per heavy atom. The second-order valence-corrected chi connectivity index (χ2v) is 5.68. The molecule has 0 aliphatic rings. The number of hydrogen-bond acceptors (Lipinski definition) is 2. The topological polar surface area (TPSA) is 32.3 Å². The maximum absolute atomic E-state index is 12.1. The van der Waals surface area contributed by atoms with E-state index < -0.39 is 0 Å². The molecule has 0 aliphatic heterocycles. The standard InChI is InChI=1S/C16H16Cl2N2O/c1-20(2)16(21)13-5-3-4-6-15(13)19-10-11-9-12(17)7-8-14(11)18/h3-9,19H,10H2,1-2H3. The molecule has 21 heavy (non-hydrogen) atoms. The van der Waals surface area contributed by atoms with Crippen LogP contribution in [0.15, 0.2) is 42.5 Å². The minimum atomic E-state index is -0.0460. The molecule has 3 nitrogen and oxygen atoms in total. The maximum atomic E-state index is 12.1. The third kappa shape index (κ3) is 3.90. The molecule has 0 unspecified atom stereocenters. The molecule has 2 aromatic rings. The van der Waals surface area contributed by atoms with Crippen molar-refractivity contribution in [1.29, 1.82) is 0 Å².